The molecule has 0 heterocycles. The van der Waals surface area contributed by atoms with Crippen LogP contribution in [-0.4, -0.2) is 13.2 Å². The van der Waals surface area contributed by atoms with E-state index in [9.17, 15) is 8.78 Å². The quantitative estimate of drug-likeness (QED) is 0.408. The molecule has 0 radical (unpaired) electrons. The Bertz CT molecular complexity index is 491. The highest BCUT2D eigenvalue weighted by molar-refractivity contribution is 5.27. The van der Waals surface area contributed by atoms with E-state index >= 15 is 0 Å². The highest BCUT2D eigenvalue weighted by Gasteiger charge is 2.43. The van der Waals surface area contributed by atoms with Crippen molar-refractivity contribution in [3.8, 4) is 5.75 Å². The SMILES string of the molecule is C=CCCCC1CCC(C(F)(F)Oc2ccc(COC)cc2)CC1. The van der Waals surface area contributed by atoms with Gasteiger partial charge in [0.05, 0.1) is 12.5 Å². The van der Waals surface area contributed by atoms with Crippen molar-refractivity contribution < 1.29 is 18.3 Å². The minimum atomic E-state index is -3.10. The number of halogens is 2. The van der Waals surface area contributed by atoms with Crippen LogP contribution < -0.4 is 4.74 Å². The monoisotopic (exact) mass is 338 g/mol. The summed E-state index contributed by atoms with van der Waals surface area (Å²) in [5, 5.41) is 0. The van der Waals surface area contributed by atoms with E-state index in [1.807, 2.05) is 6.08 Å². The van der Waals surface area contributed by atoms with Crippen LogP contribution in [0.5, 0.6) is 5.75 Å². The lowest BCUT2D eigenvalue weighted by atomic mass is 9.79. The zero-order chi connectivity index (χ0) is 17.4. The van der Waals surface area contributed by atoms with Crippen LogP contribution >= 0.6 is 0 Å². The first-order chi connectivity index (χ1) is 11.5. The van der Waals surface area contributed by atoms with Crippen LogP contribution in [-0.2, 0) is 11.3 Å². The second kappa shape index (κ2) is 9.16. The number of hydrogen-bond donors (Lipinski definition) is 0. The van der Waals surface area contributed by atoms with Crippen LogP contribution in [0.25, 0.3) is 0 Å². The van der Waals surface area contributed by atoms with Crippen LogP contribution in [0.2, 0.25) is 0 Å². The Labute approximate surface area is 143 Å². The molecule has 0 unspecified atom stereocenters. The average Bonchev–Trinajstić information content (AvgIpc) is 2.57. The van der Waals surface area contributed by atoms with Gasteiger partial charge in [0.2, 0.25) is 0 Å². The average molecular weight is 338 g/mol. The van der Waals surface area contributed by atoms with Crippen molar-refractivity contribution in [3.63, 3.8) is 0 Å². The van der Waals surface area contributed by atoms with E-state index in [0.29, 0.717) is 25.4 Å². The Morgan fingerprint density at radius 3 is 2.42 bits per heavy atom. The van der Waals surface area contributed by atoms with E-state index in [1.54, 1.807) is 31.4 Å². The van der Waals surface area contributed by atoms with Crippen LogP contribution in [0.1, 0.15) is 50.5 Å². The summed E-state index contributed by atoms with van der Waals surface area (Å²) in [5.41, 5.74) is 0.938. The molecule has 1 aromatic rings. The zero-order valence-electron chi connectivity index (χ0n) is 14.5. The highest BCUT2D eigenvalue weighted by Crippen LogP contribution is 2.41. The predicted molar refractivity (Wildman–Crippen MR) is 92.2 cm³/mol. The molecule has 0 N–H and O–H groups in total. The third-order valence-corrected chi connectivity index (χ3v) is 4.83. The molecule has 0 amide bonds. The molecule has 1 saturated carbocycles. The molecule has 0 aromatic heterocycles. The van der Waals surface area contributed by atoms with Crippen LogP contribution in [0.3, 0.4) is 0 Å². The Kier molecular flexibility index (Phi) is 7.22. The van der Waals surface area contributed by atoms with Crippen LogP contribution in [0.4, 0.5) is 8.78 Å². The smallest absolute Gasteiger partial charge is 0.400 e. The minimum Gasteiger partial charge on any atom is -0.432 e. The molecular weight excluding hydrogens is 310 g/mol. The van der Waals surface area contributed by atoms with Crippen molar-refractivity contribution in [1.29, 1.82) is 0 Å². The normalized spacial score (nSPS) is 21.5. The van der Waals surface area contributed by atoms with Gasteiger partial charge >= 0.3 is 6.11 Å². The zero-order valence-corrected chi connectivity index (χ0v) is 14.5. The Hall–Kier alpha value is -1.42. The summed E-state index contributed by atoms with van der Waals surface area (Å²) >= 11 is 0. The summed E-state index contributed by atoms with van der Waals surface area (Å²) in [5.74, 6) is 0.102. The maximum Gasteiger partial charge on any atom is 0.400 e. The van der Waals surface area contributed by atoms with Gasteiger partial charge in [-0.25, -0.2) is 0 Å². The maximum absolute atomic E-state index is 14.4. The molecule has 0 aliphatic heterocycles. The standard InChI is InChI=1S/C20H28F2O2/c1-3-4-5-6-16-7-11-18(12-8-16)20(21,22)24-19-13-9-17(10-14-19)15-23-2/h3,9-10,13-14,16,18H,1,4-8,11-12,15H2,2H3. The third-order valence-electron chi connectivity index (χ3n) is 4.83. The van der Waals surface area contributed by atoms with Crippen molar-refractivity contribution in [3.05, 3.63) is 42.5 Å². The molecule has 24 heavy (non-hydrogen) atoms. The first kappa shape index (κ1) is 18.9. The van der Waals surface area contributed by atoms with Crippen molar-refractivity contribution in [2.75, 3.05) is 7.11 Å². The highest BCUT2D eigenvalue weighted by atomic mass is 19.3. The molecule has 0 atom stereocenters. The van der Waals surface area contributed by atoms with Gasteiger partial charge in [-0.15, -0.1) is 6.58 Å². The van der Waals surface area contributed by atoms with Gasteiger partial charge < -0.3 is 9.47 Å². The Balaban J connectivity index is 1.83. The molecule has 1 aliphatic rings. The molecule has 2 nitrogen and oxygen atoms in total. The maximum atomic E-state index is 14.4. The van der Waals surface area contributed by atoms with Gasteiger partial charge in [0, 0.05) is 7.11 Å². The lowest BCUT2D eigenvalue weighted by Gasteiger charge is -2.33. The van der Waals surface area contributed by atoms with Gasteiger partial charge in [0.25, 0.3) is 0 Å². The Morgan fingerprint density at radius 2 is 1.83 bits per heavy atom. The minimum absolute atomic E-state index is 0.216. The lowest BCUT2D eigenvalue weighted by Crippen LogP contribution is -2.37. The van der Waals surface area contributed by atoms with Crippen molar-refractivity contribution in [2.45, 2.75) is 57.7 Å². The molecule has 1 aliphatic carbocycles. The molecule has 0 saturated heterocycles. The summed E-state index contributed by atoms with van der Waals surface area (Å²) in [6.07, 6.45) is 4.87. The van der Waals surface area contributed by atoms with E-state index in [1.165, 1.54) is 0 Å². The number of unbranched alkanes of at least 4 members (excludes halogenated alkanes) is 1. The number of hydrogen-bond acceptors (Lipinski definition) is 2. The van der Waals surface area contributed by atoms with Gasteiger partial charge in [-0.2, -0.15) is 8.78 Å². The molecule has 0 bridgehead atoms. The number of alkyl halides is 2. The Morgan fingerprint density at radius 1 is 1.17 bits per heavy atom. The summed E-state index contributed by atoms with van der Waals surface area (Å²) in [7, 11) is 1.60. The fraction of sp³-hybridized carbons (Fsp3) is 0.600. The number of ether oxygens (including phenoxy) is 2. The number of benzene rings is 1. The second-order valence-electron chi connectivity index (χ2n) is 6.68. The first-order valence-electron chi connectivity index (χ1n) is 8.80. The molecular formula is C20H28F2O2. The predicted octanol–water partition coefficient (Wildman–Crippen LogP) is 5.97. The molecule has 134 valence electrons. The lowest BCUT2D eigenvalue weighted by molar-refractivity contribution is -0.223. The fourth-order valence-corrected chi connectivity index (χ4v) is 3.40. The number of allylic oxidation sites excluding steroid dienone is 1. The molecule has 2 rings (SSSR count). The topological polar surface area (TPSA) is 18.5 Å². The summed E-state index contributed by atoms with van der Waals surface area (Å²) in [6.45, 7) is 4.19. The number of rotatable bonds is 9. The molecule has 1 fully saturated rings. The van der Waals surface area contributed by atoms with Crippen LogP contribution in [0.15, 0.2) is 36.9 Å². The van der Waals surface area contributed by atoms with Gasteiger partial charge in [0.1, 0.15) is 5.75 Å². The first-order valence-corrected chi connectivity index (χ1v) is 8.80. The fourth-order valence-electron chi connectivity index (χ4n) is 3.40. The summed E-state index contributed by atoms with van der Waals surface area (Å²) in [6, 6.07) is 6.68. The van der Waals surface area contributed by atoms with Crippen molar-refractivity contribution in [1.82, 2.24) is 0 Å². The van der Waals surface area contributed by atoms with Crippen LogP contribution in [0, 0.1) is 11.8 Å². The van der Waals surface area contributed by atoms with E-state index in [2.05, 4.69) is 6.58 Å². The second-order valence-corrected chi connectivity index (χ2v) is 6.68. The van der Waals surface area contributed by atoms with Crippen molar-refractivity contribution in [2.24, 2.45) is 11.8 Å². The molecule has 4 heteroatoms. The summed E-state index contributed by atoms with van der Waals surface area (Å²) < 4.78 is 38.9. The van der Waals surface area contributed by atoms with E-state index < -0.39 is 12.0 Å². The van der Waals surface area contributed by atoms with Gasteiger partial charge in [-0.05, 0) is 62.1 Å². The van der Waals surface area contributed by atoms with E-state index in [4.69, 9.17) is 9.47 Å². The third kappa shape index (κ3) is 5.59. The van der Waals surface area contributed by atoms with Crippen molar-refractivity contribution >= 4 is 0 Å². The molecule has 0 spiro atoms. The molecule has 1 aromatic carbocycles. The largest absolute Gasteiger partial charge is 0.432 e. The van der Waals surface area contributed by atoms with E-state index in [-0.39, 0.29) is 5.75 Å². The van der Waals surface area contributed by atoms with E-state index in [0.717, 1.165) is 37.7 Å². The van der Waals surface area contributed by atoms with Gasteiger partial charge in [-0.3, -0.25) is 0 Å². The number of methoxy groups -OCH3 is 1. The van der Waals surface area contributed by atoms with Gasteiger partial charge in [-0.1, -0.05) is 24.6 Å². The summed E-state index contributed by atoms with van der Waals surface area (Å²) in [4.78, 5) is 0. The van der Waals surface area contributed by atoms with Gasteiger partial charge in [0.15, 0.2) is 0 Å².